The number of hydrogen-bond donors (Lipinski definition) is 1. The summed E-state index contributed by atoms with van der Waals surface area (Å²) in [5.41, 5.74) is 1.71. The molecule has 1 N–H and O–H groups in total. The maximum atomic E-state index is 12.5. The molecule has 0 bridgehead atoms. The summed E-state index contributed by atoms with van der Waals surface area (Å²) in [6, 6.07) is 5.46. The molecule has 2 aliphatic heterocycles. The molecule has 1 saturated carbocycles. The number of carbonyl (C=O) groups is 2. The molecule has 150 valence electrons. The minimum absolute atomic E-state index is 0.0175. The zero-order chi connectivity index (χ0) is 19.7. The van der Waals surface area contributed by atoms with Crippen molar-refractivity contribution in [1.82, 2.24) is 14.7 Å². The average Bonchev–Trinajstić information content (AvgIpc) is 3.00. The van der Waals surface area contributed by atoms with Gasteiger partial charge in [-0.05, 0) is 37.5 Å². The van der Waals surface area contributed by atoms with E-state index in [1.807, 2.05) is 16.8 Å². The Kier molecular flexibility index (Phi) is 5.24. The molecule has 2 amide bonds. The van der Waals surface area contributed by atoms with Crippen LogP contribution < -0.4 is 0 Å². The van der Waals surface area contributed by atoms with Gasteiger partial charge in [-0.25, -0.2) is 4.99 Å². The molecule has 0 spiro atoms. The summed E-state index contributed by atoms with van der Waals surface area (Å²) in [6.45, 7) is 1.36. The van der Waals surface area contributed by atoms with E-state index in [0.29, 0.717) is 44.5 Å². The molecule has 1 aromatic rings. The van der Waals surface area contributed by atoms with Crippen LogP contribution in [0.5, 0.6) is 5.75 Å². The van der Waals surface area contributed by atoms with Crippen molar-refractivity contribution in [1.29, 1.82) is 0 Å². The molecule has 1 saturated heterocycles. The SMILES string of the molecule is CN(C(=O)CCCN1C(=O)CN2Cc3cc(O)ccc3N=C21)C1CCCCC1. The van der Waals surface area contributed by atoms with Crippen LogP contribution in [0.2, 0.25) is 0 Å². The number of aromatic hydroxyl groups is 1. The number of phenolic OH excluding ortho intramolecular Hbond substituents is 1. The lowest BCUT2D eigenvalue weighted by atomic mass is 9.94. The zero-order valence-corrected chi connectivity index (χ0v) is 16.4. The van der Waals surface area contributed by atoms with Gasteiger partial charge in [0.2, 0.25) is 17.8 Å². The molecule has 2 fully saturated rings. The van der Waals surface area contributed by atoms with E-state index >= 15 is 0 Å². The molecule has 4 rings (SSSR count). The number of guanidine groups is 1. The Bertz CT molecular complexity index is 801. The molecular formula is C21H28N4O3. The third-order valence-corrected chi connectivity index (χ3v) is 6.08. The lowest BCUT2D eigenvalue weighted by molar-refractivity contribution is -0.133. The highest BCUT2D eigenvalue weighted by molar-refractivity contribution is 6.05. The third-order valence-electron chi connectivity index (χ3n) is 6.08. The fraction of sp³-hybridized carbons (Fsp3) is 0.571. The summed E-state index contributed by atoms with van der Waals surface area (Å²) in [4.78, 5) is 35.2. The predicted octanol–water partition coefficient (Wildman–Crippen LogP) is 2.61. The largest absolute Gasteiger partial charge is 0.508 e. The van der Waals surface area contributed by atoms with Gasteiger partial charge in [0.25, 0.3) is 0 Å². The lowest BCUT2D eigenvalue weighted by Gasteiger charge is -2.31. The second-order valence-electron chi connectivity index (χ2n) is 8.03. The van der Waals surface area contributed by atoms with E-state index in [-0.39, 0.29) is 17.6 Å². The Morgan fingerprint density at radius 3 is 2.82 bits per heavy atom. The fourth-order valence-electron chi connectivity index (χ4n) is 4.44. The summed E-state index contributed by atoms with van der Waals surface area (Å²) in [5.74, 6) is 1.06. The highest BCUT2D eigenvalue weighted by Gasteiger charge is 2.36. The second-order valence-corrected chi connectivity index (χ2v) is 8.03. The highest BCUT2D eigenvalue weighted by Crippen LogP contribution is 2.32. The Balaban J connectivity index is 1.36. The number of carbonyl (C=O) groups excluding carboxylic acids is 2. The molecule has 3 aliphatic rings. The van der Waals surface area contributed by atoms with E-state index in [1.54, 1.807) is 23.1 Å². The van der Waals surface area contributed by atoms with Gasteiger partial charge < -0.3 is 14.9 Å². The minimum Gasteiger partial charge on any atom is -0.508 e. The summed E-state index contributed by atoms with van der Waals surface area (Å²) in [5, 5.41) is 9.66. The molecular weight excluding hydrogens is 356 g/mol. The van der Waals surface area contributed by atoms with Gasteiger partial charge in [0.05, 0.1) is 5.69 Å². The first-order valence-electron chi connectivity index (χ1n) is 10.2. The maximum Gasteiger partial charge on any atom is 0.248 e. The first-order valence-corrected chi connectivity index (χ1v) is 10.2. The molecule has 1 aromatic carbocycles. The van der Waals surface area contributed by atoms with Crippen molar-refractivity contribution in [3.8, 4) is 5.75 Å². The number of hydrogen-bond acceptors (Lipinski definition) is 5. The van der Waals surface area contributed by atoms with Crippen LogP contribution in [0.15, 0.2) is 23.2 Å². The molecule has 0 unspecified atom stereocenters. The number of aliphatic imine (C=N–C) groups is 1. The normalized spacial score (nSPS) is 19.3. The summed E-state index contributed by atoms with van der Waals surface area (Å²) in [7, 11) is 1.92. The molecule has 1 aliphatic carbocycles. The van der Waals surface area contributed by atoms with Crippen molar-refractivity contribution in [2.75, 3.05) is 20.1 Å². The molecule has 2 heterocycles. The van der Waals surface area contributed by atoms with Crippen molar-refractivity contribution in [2.45, 2.75) is 57.5 Å². The zero-order valence-electron chi connectivity index (χ0n) is 16.4. The Morgan fingerprint density at radius 2 is 2.04 bits per heavy atom. The minimum atomic E-state index is 0.0175. The van der Waals surface area contributed by atoms with Crippen LogP contribution in [0.4, 0.5) is 5.69 Å². The van der Waals surface area contributed by atoms with Crippen LogP contribution in [0, 0.1) is 0 Å². The maximum absolute atomic E-state index is 12.5. The van der Waals surface area contributed by atoms with Gasteiger partial charge in [-0.2, -0.15) is 0 Å². The average molecular weight is 384 g/mol. The summed E-state index contributed by atoms with van der Waals surface area (Å²) < 4.78 is 0. The molecule has 28 heavy (non-hydrogen) atoms. The Hall–Kier alpha value is -2.57. The van der Waals surface area contributed by atoms with Crippen molar-refractivity contribution < 1.29 is 14.7 Å². The predicted molar refractivity (Wildman–Crippen MR) is 106 cm³/mol. The van der Waals surface area contributed by atoms with E-state index in [0.717, 1.165) is 24.1 Å². The van der Waals surface area contributed by atoms with Crippen LogP contribution in [0.25, 0.3) is 0 Å². The molecule has 7 heteroatoms. The van der Waals surface area contributed by atoms with E-state index in [2.05, 4.69) is 4.99 Å². The van der Waals surface area contributed by atoms with Crippen molar-refractivity contribution in [2.24, 2.45) is 4.99 Å². The first kappa shape index (κ1) is 18.8. The van der Waals surface area contributed by atoms with Crippen molar-refractivity contribution in [3.05, 3.63) is 23.8 Å². The number of benzene rings is 1. The van der Waals surface area contributed by atoms with Crippen LogP contribution >= 0.6 is 0 Å². The molecule has 0 aromatic heterocycles. The monoisotopic (exact) mass is 384 g/mol. The molecule has 7 nitrogen and oxygen atoms in total. The number of nitrogens with zero attached hydrogens (tertiary/aromatic N) is 4. The van der Waals surface area contributed by atoms with Gasteiger partial charge >= 0.3 is 0 Å². The van der Waals surface area contributed by atoms with E-state index in [9.17, 15) is 14.7 Å². The highest BCUT2D eigenvalue weighted by atomic mass is 16.3. The topological polar surface area (TPSA) is 76.5 Å². The van der Waals surface area contributed by atoms with Gasteiger partial charge in [0.1, 0.15) is 12.3 Å². The smallest absolute Gasteiger partial charge is 0.248 e. The fourth-order valence-corrected chi connectivity index (χ4v) is 4.44. The number of amides is 2. The standard InChI is InChI=1S/C21H28N4O3/c1-23(16-6-3-2-4-7-16)19(27)8-5-11-25-20(28)14-24-13-15-12-17(26)9-10-18(15)22-21(24)25/h9-10,12,16,26H,2-8,11,13-14H2,1H3. The molecule has 0 atom stereocenters. The molecule has 0 radical (unpaired) electrons. The third kappa shape index (κ3) is 3.70. The van der Waals surface area contributed by atoms with E-state index in [1.165, 1.54) is 19.3 Å². The van der Waals surface area contributed by atoms with Gasteiger partial charge in [-0.1, -0.05) is 19.3 Å². The van der Waals surface area contributed by atoms with E-state index < -0.39 is 0 Å². The van der Waals surface area contributed by atoms with Crippen LogP contribution in [-0.4, -0.2) is 63.8 Å². The Morgan fingerprint density at radius 1 is 1.25 bits per heavy atom. The van der Waals surface area contributed by atoms with Crippen LogP contribution in [0.1, 0.15) is 50.5 Å². The van der Waals surface area contributed by atoms with Crippen molar-refractivity contribution >= 4 is 23.5 Å². The summed E-state index contributed by atoms with van der Waals surface area (Å²) >= 11 is 0. The lowest BCUT2D eigenvalue weighted by Crippen LogP contribution is -2.39. The van der Waals surface area contributed by atoms with Crippen LogP contribution in [-0.2, 0) is 16.1 Å². The quantitative estimate of drug-likeness (QED) is 0.847. The number of phenols is 1. The van der Waals surface area contributed by atoms with Crippen LogP contribution in [0.3, 0.4) is 0 Å². The number of rotatable bonds is 5. The Labute approximate surface area is 165 Å². The summed E-state index contributed by atoms with van der Waals surface area (Å²) in [6.07, 6.45) is 6.99. The van der Waals surface area contributed by atoms with Gasteiger partial charge in [-0.3, -0.25) is 14.5 Å². The first-order chi connectivity index (χ1) is 13.5. The van der Waals surface area contributed by atoms with Gasteiger partial charge in [0.15, 0.2) is 0 Å². The second kappa shape index (κ2) is 7.81. The van der Waals surface area contributed by atoms with Crippen molar-refractivity contribution in [3.63, 3.8) is 0 Å². The number of fused-ring (bicyclic) bond motifs is 2. The van der Waals surface area contributed by atoms with E-state index in [4.69, 9.17) is 0 Å². The van der Waals surface area contributed by atoms with Gasteiger partial charge in [-0.15, -0.1) is 0 Å². The van der Waals surface area contributed by atoms with Gasteiger partial charge in [0, 0.05) is 38.2 Å².